The van der Waals surface area contributed by atoms with Gasteiger partial charge >= 0.3 is 23.9 Å². The summed E-state index contributed by atoms with van der Waals surface area (Å²) in [4.78, 5) is 51.7. The van der Waals surface area contributed by atoms with Crippen molar-refractivity contribution in [2.24, 2.45) is 0 Å². The molecule has 4 atom stereocenters. The number of hydrogen-bond donors (Lipinski definition) is 0. The SMILES string of the molecule is COc1ccc(C(=O)Oc2ccc(/C=C(\C#N)C(=O)O[C@H]3CO[C@H]4[C@@H]3OC[C@H]4OC(=O)/C(C#N)=C/c3ccc(OC(=O)c4ccc(OC)cc4)cc3OC)c(OC)c2)cc1. The summed E-state index contributed by atoms with van der Waals surface area (Å²) in [5.74, 6) is -1.31. The molecule has 4 aromatic rings. The lowest BCUT2D eigenvalue weighted by Gasteiger charge is -2.17. The zero-order valence-electron chi connectivity index (χ0n) is 32.6. The zero-order chi connectivity index (χ0) is 42.8. The van der Waals surface area contributed by atoms with Gasteiger partial charge in [0.05, 0.1) is 52.8 Å². The maximum atomic E-state index is 13.2. The predicted octanol–water partition coefficient (Wildman–Crippen LogP) is 5.29. The molecule has 0 bridgehead atoms. The Bertz CT molecular complexity index is 2240. The smallest absolute Gasteiger partial charge is 0.349 e. The molecule has 0 amide bonds. The summed E-state index contributed by atoms with van der Waals surface area (Å²) in [6, 6.07) is 25.2. The first-order chi connectivity index (χ1) is 29.1. The molecule has 2 saturated heterocycles. The molecule has 0 saturated carbocycles. The van der Waals surface area contributed by atoms with E-state index in [0.29, 0.717) is 33.8 Å². The van der Waals surface area contributed by atoms with Gasteiger partial charge in [-0.15, -0.1) is 0 Å². The highest BCUT2D eigenvalue weighted by atomic mass is 16.7. The van der Waals surface area contributed by atoms with Gasteiger partial charge in [-0.1, -0.05) is 0 Å². The van der Waals surface area contributed by atoms with Crippen LogP contribution >= 0.6 is 0 Å². The number of nitriles is 2. The number of ether oxygens (including phenoxy) is 10. The second kappa shape index (κ2) is 19.2. The lowest BCUT2D eigenvalue weighted by Crippen LogP contribution is -2.36. The third-order valence-electron chi connectivity index (χ3n) is 9.24. The Kier molecular flexibility index (Phi) is 13.4. The van der Waals surface area contributed by atoms with E-state index < -0.39 is 48.3 Å². The van der Waals surface area contributed by atoms with Crippen molar-refractivity contribution >= 4 is 36.0 Å². The third kappa shape index (κ3) is 9.71. The van der Waals surface area contributed by atoms with Gasteiger partial charge in [-0.3, -0.25) is 0 Å². The fourth-order valence-corrected chi connectivity index (χ4v) is 6.15. The van der Waals surface area contributed by atoms with Gasteiger partial charge in [0.15, 0.2) is 12.2 Å². The summed E-state index contributed by atoms with van der Waals surface area (Å²) in [7, 11) is 5.77. The van der Waals surface area contributed by atoms with Crippen LogP contribution in [-0.2, 0) is 28.5 Å². The molecule has 0 aliphatic carbocycles. The van der Waals surface area contributed by atoms with Gasteiger partial charge in [-0.05, 0) is 84.9 Å². The highest BCUT2D eigenvalue weighted by molar-refractivity contribution is 5.99. The minimum absolute atomic E-state index is 0.126. The Hall–Kier alpha value is -7.66. The summed E-state index contributed by atoms with van der Waals surface area (Å²) in [5, 5.41) is 19.7. The number of fused-ring (bicyclic) bond motifs is 1. The first-order valence-corrected chi connectivity index (χ1v) is 18.0. The number of methoxy groups -OCH3 is 4. The van der Waals surface area contributed by atoms with Crippen LogP contribution in [0, 0.1) is 22.7 Å². The average molecular weight is 817 g/mol. The van der Waals surface area contributed by atoms with E-state index in [-0.39, 0.29) is 47.4 Å². The number of rotatable bonds is 14. The monoisotopic (exact) mass is 816 g/mol. The Morgan fingerprint density at radius 2 is 0.917 bits per heavy atom. The number of esters is 4. The van der Waals surface area contributed by atoms with Gasteiger partial charge in [0.25, 0.3) is 0 Å². The number of carbonyl (C=O) groups is 4. The molecule has 0 spiro atoms. The van der Waals surface area contributed by atoms with Crippen molar-refractivity contribution < 1.29 is 66.5 Å². The van der Waals surface area contributed by atoms with Gasteiger partial charge in [-0.25, -0.2) is 19.2 Å². The fraction of sp³-hybridized carbons (Fsp3) is 0.227. The second-order valence-electron chi connectivity index (χ2n) is 12.9. The van der Waals surface area contributed by atoms with Crippen LogP contribution < -0.4 is 28.4 Å². The van der Waals surface area contributed by atoms with E-state index in [0.717, 1.165) is 0 Å². The Morgan fingerprint density at radius 3 is 1.25 bits per heavy atom. The minimum Gasteiger partial charge on any atom is -0.497 e. The summed E-state index contributed by atoms with van der Waals surface area (Å²) in [6.45, 7) is -0.252. The molecule has 60 heavy (non-hydrogen) atoms. The molecule has 6 rings (SSSR count). The molecular formula is C44H36N2O14. The van der Waals surface area contributed by atoms with Crippen LogP contribution in [0.5, 0.6) is 34.5 Å². The van der Waals surface area contributed by atoms with Gasteiger partial charge in [0.2, 0.25) is 0 Å². The molecule has 0 radical (unpaired) electrons. The lowest BCUT2D eigenvalue weighted by molar-refractivity contribution is -0.150. The van der Waals surface area contributed by atoms with E-state index in [1.807, 2.05) is 12.1 Å². The van der Waals surface area contributed by atoms with Gasteiger partial charge in [0.1, 0.15) is 70.0 Å². The highest BCUT2D eigenvalue weighted by Crippen LogP contribution is 2.33. The van der Waals surface area contributed by atoms with Gasteiger partial charge in [0, 0.05) is 23.3 Å². The zero-order valence-corrected chi connectivity index (χ0v) is 32.6. The van der Waals surface area contributed by atoms with Gasteiger partial charge in [-0.2, -0.15) is 10.5 Å². The van der Waals surface area contributed by atoms with Crippen LogP contribution in [-0.4, -0.2) is 89.9 Å². The van der Waals surface area contributed by atoms with E-state index in [4.69, 9.17) is 47.4 Å². The molecule has 0 N–H and O–H groups in total. The largest absolute Gasteiger partial charge is 0.497 e. The molecule has 2 aliphatic rings. The highest BCUT2D eigenvalue weighted by Gasteiger charge is 2.51. The summed E-state index contributed by atoms with van der Waals surface area (Å²) < 4.78 is 54.8. The van der Waals surface area contributed by atoms with Crippen LogP contribution in [0.1, 0.15) is 31.8 Å². The average Bonchev–Trinajstić information content (AvgIpc) is 3.87. The van der Waals surface area contributed by atoms with Crippen molar-refractivity contribution in [3.05, 3.63) is 118 Å². The number of nitrogens with zero attached hydrogens (tertiary/aromatic N) is 2. The van der Waals surface area contributed by atoms with Crippen LogP contribution in [0.3, 0.4) is 0 Å². The van der Waals surface area contributed by atoms with E-state index in [9.17, 15) is 29.7 Å². The number of hydrogen-bond acceptors (Lipinski definition) is 16. The molecule has 0 aromatic heterocycles. The quantitative estimate of drug-likeness (QED) is 0.0685. The molecule has 16 nitrogen and oxygen atoms in total. The van der Waals surface area contributed by atoms with Crippen LogP contribution in [0.15, 0.2) is 96.1 Å². The molecule has 306 valence electrons. The third-order valence-corrected chi connectivity index (χ3v) is 9.24. The molecule has 16 heteroatoms. The Morgan fingerprint density at radius 1 is 0.550 bits per heavy atom. The number of carbonyl (C=O) groups excluding carboxylic acids is 4. The van der Waals surface area contributed by atoms with Crippen molar-refractivity contribution in [1.29, 1.82) is 10.5 Å². The van der Waals surface area contributed by atoms with E-state index in [1.54, 1.807) is 48.5 Å². The standard InChI is InChI=1S/C44H36N2O14/c1-51-31-11-5-25(6-12-31)41(47)57-33-15-9-27(35(19-33)53-3)17-29(21-45)43(49)59-37-23-55-40-38(24-56-39(37)40)60-44(50)30(22-46)18-28-10-16-34(20-36(28)54-4)58-42(48)26-7-13-32(52-2)14-8-26/h5-20,37-40H,23-24H2,1-4H3/b29-17+,30-18+/t37-,38+,39-,40-/m1/s1. The molecular weight excluding hydrogens is 780 g/mol. The van der Waals surface area contributed by atoms with Crippen molar-refractivity contribution in [2.75, 3.05) is 41.7 Å². The predicted molar refractivity (Wildman–Crippen MR) is 208 cm³/mol. The minimum atomic E-state index is -0.974. The van der Waals surface area contributed by atoms with E-state index >= 15 is 0 Å². The van der Waals surface area contributed by atoms with E-state index in [2.05, 4.69) is 0 Å². The lowest BCUT2D eigenvalue weighted by atomic mass is 10.1. The topological polar surface area (TPSA) is 208 Å². The Labute approximate surface area is 343 Å². The normalized spacial score (nSPS) is 18.2. The first kappa shape index (κ1) is 42.0. The van der Waals surface area contributed by atoms with E-state index in [1.165, 1.54) is 77.0 Å². The summed E-state index contributed by atoms with van der Waals surface area (Å²) in [6.07, 6.45) is -1.09. The maximum Gasteiger partial charge on any atom is 0.349 e. The first-order valence-electron chi connectivity index (χ1n) is 18.0. The fourth-order valence-electron chi connectivity index (χ4n) is 6.15. The summed E-state index contributed by atoms with van der Waals surface area (Å²) in [5.41, 5.74) is 0.482. The van der Waals surface area contributed by atoms with Gasteiger partial charge < -0.3 is 47.4 Å². The van der Waals surface area contributed by atoms with Crippen molar-refractivity contribution in [1.82, 2.24) is 0 Å². The van der Waals surface area contributed by atoms with Crippen LogP contribution in [0.25, 0.3) is 12.2 Å². The molecule has 2 aliphatic heterocycles. The maximum absolute atomic E-state index is 13.2. The molecule has 2 fully saturated rings. The molecule has 2 heterocycles. The Balaban J connectivity index is 1.06. The van der Waals surface area contributed by atoms with Crippen molar-refractivity contribution in [2.45, 2.75) is 24.4 Å². The van der Waals surface area contributed by atoms with Crippen LogP contribution in [0.2, 0.25) is 0 Å². The summed E-state index contributed by atoms with van der Waals surface area (Å²) >= 11 is 0. The van der Waals surface area contributed by atoms with Crippen molar-refractivity contribution in [3.63, 3.8) is 0 Å². The van der Waals surface area contributed by atoms with Crippen molar-refractivity contribution in [3.8, 4) is 46.6 Å². The second-order valence-corrected chi connectivity index (χ2v) is 12.9. The van der Waals surface area contributed by atoms with Crippen LogP contribution in [0.4, 0.5) is 0 Å². The molecule has 4 aromatic carbocycles. The molecule has 0 unspecified atom stereocenters. The number of benzene rings is 4.